The summed E-state index contributed by atoms with van der Waals surface area (Å²) in [5.41, 5.74) is 0.573. The zero-order valence-electron chi connectivity index (χ0n) is 17.4. The van der Waals surface area contributed by atoms with Crippen LogP contribution in [0.4, 0.5) is 13.9 Å². The second-order valence-corrected chi connectivity index (χ2v) is 8.24. The van der Waals surface area contributed by atoms with Gasteiger partial charge in [-0.1, -0.05) is 23.5 Å². The molecule has 1 N–H and O–H groups in total. The summed E-state index contributed by atoms with van der Waals surface area (Å²) in [4.78, 5) is 43.3. The number of thiazole rings is 1. The Balaban J connectivity index is 1.76. The number of amides is 1. The van der Waals surface area contributed by atoms with E-state index in [1.54, 1.807) is 6.92 Å². The van der Waals surface area contributed by atoms with Crippen LogP contribution >= 0.6 is 11.3 Å². The molecule has 0 bridgehead atoms. The van der Waals surface area contributed by atoms with Crippen LogP contribution in [0.25, 0.3) is 10.2 Å². The van der Waals surface area contributed by atoms with E-state index in [4.69, 9.17) is 4.74 Å². The van der Waals surface area contributed by atoms with Crippen molar-refractivity contribution in [3.63, 3.8) is 0 Å². The number of ether oxygens (including phenoxy) is 1. The monoisotopic (exact) mass is 472 g/mol. The van der Waals surface area contributed by atoms with Crippen LogP contribution in [0.5, 0.6) is 0 Å². The van der Waals surface area contributed by atoms with Gasteiger partial charge in [0.05, 0.1) is 34.9 Å². The van der Waals surface area contributed by atoms with Crippen LogP contribution in [0.1, 0.15) is 31.4 Å². The van der Waals surface area contributed by atoms with Crippen molar-refractivity contribution < 1.29 is 33.0 Å². The summed E-state index contributed by atoms with van der Waals surface area (Å²) < 4.78 is 32.5. The molecule has 1 atom stereocenters. The zero-order valence-corrected chi connectivity index (χ0v) is 18.2. The average Bonchev–Trinajstić information content (AvgIpc) is 3.31. The zero-order chi connectivity index (χ0) is 23.7. The molecule has 0 fully saturated rings. The summed E-state index contributed by atoms with van der Waals surface area (Å²) in [5, 5.41) is 10.8. The lowest BCUT2D eigenvalue weighted by Crippen LogP contribution is -2.31. The third-order valence-electron chi connectivity index (χ3n) is 5.10. The van der Waals surface area contributed by atoms with E-state index < -0.39 is 41.1 Å². The normalized spacial score (nSPS) is 16.0. The number of halogens is 2. The molecule has 1 unspecified atom stereocenters. The molecule has 1 aliphatic rings. The molecule has 0 spiro atoms. The molecule has 33 heavy (non-hydrogen) atoms. The molecule has 4 rings (SSSR count). The highest BCUT2D eigenvalue weighted by molar-refractivity contribution is 7.22. The predicted molar refractivity (Wildman–Crippen MR) is 117 cm³/mol. The van der Waals surface area contributed by atoms with Crippen LogP contribution < -0.4 is 4.90 Å². The first-order chi connectivity index (χ1) is 15.8. The summed E-state index contributed by atoms with van der Waals surface area (Å²) in [6.45, 7) is 1.79. The van der Waals surface area contributed by atoms with Crippen molar-refractivity contribution in [2.24, 2.45) is 0 Å². The Labute approximate surface area is 190 Å². The molecule has 7 nitrogen and oxygen atoms in total. The average molecular weight is 472 g/mol. The van der Waals surface area contributed by atoms with Crippen molar-refractivity contribution in [2.75, 3.05) is 11.5 Å². The fraction of sp³-hybridized carbons (Fsp3) is 0.217. The topological polar surface area (TPSA) is 96.8 Å². The summed E-state index contributed by atoms with van der Waals surface area (Å²) in [5.74, 6) is -3.85. The van der Waals surface area contributed by atoms with Gasteiger partial charge in [-0.15, -0.1) is 0 Å². The van der Waals surface area contributed by atoms with Crippen LogP contribution in [-0.4, -0.2) is 34.4 Å². The minimum Gasteiger partial charge on any atom is -0.503 e. The lowest BCUT2D eigenvalue weighted by Gasteiger charge is -2.24. The van der Waals surface area contributed by atoms with E-state index in [0.29, 0.717) is 15.8 Å². The molecule has 1 amide bonds. The van der Waals surface area contributed by atoms with Gasteiger partial charge in [0.2, 0.25) is 0 Å². The fourth-order valence-corrected chi connectivity index (χ4v) is 4.64. The first-order valence-electron chi connectivity index (χ1n) is 10.1. The highest BCUT2D eigenvalue weighted by Crippen LogP contribution is 2.43. The van der Waals surface area contributed by atoms with Gasteiger partial charge in [0.25, 0.3) is 5.91 Å². The number of hydrogen-bond acceptors (Lipinski definition) is 7. The molecule has 10 heteroatoms. The second kappa shape index (κ2) is 9.07. The van der Waals surface area contributed by atoms with Gasteiger partial charge in [0.1, 0.15) is 11.6 Å². The van der Waals surface area contributed by atoms with E-state index in [0.717, 1.165) is 16.2 Å². The van der Waals surface area contributed by atoms with Gasteiger partial charge in [-0.2, -0.15) is 0 Å². The standard InChI is InChI=1S/C23H18F2N2O5S/c1-2-32-18(29)10-9-16(28)19-20(12-3-5-13(24)6-4-12)27(22(31)21(19)30)23-26-15-8-7-14(25)11-17(15)33-23/h3-8,11,20,30H,2,9-10H2,1H3. The number of anilines is 1. The minimum absolute atomic E-state index is 0.134. The summed E-state index contributed by atoms with van der Waals surface area (Å²) in [6, 6.07) is 7.98. The van der Waals surface area contributed by atoms with Gasteiger partial charge in [0, 0.05) is 6.42 Å². The van der Waals surface area contributed by atoms with E-state index in [1.165, 1.54) is 42.5 Å². The Morgan fingerprint density at radius 2 is 1.82 bits per heavy atom. The predicted octanol–water partition coefficient (Wildman–Crippen LogP) is 4.39. The number of hydrogen-bond donors (Lipinski definition) is 1. The van der Waals surface area contributed by atoms with Crippen molar-refractivity contribution >= 4 is 44.3 Å². The molecule has 0 saturated heterocycles. The first-order valence-corrected chi connectivity index (χ1v) is 10.9. The number of fused-ring (bicyclic) bond motifs is 1. The van der Waals surface area contributed by atoms with Crippen molar-refractivity contribution in [1.29, 1.82) is 0 Å². The maximum Gasteiger partial charge on any atom is 0.306 e. The maximum atomic E-state index is 13.6. The minimum atomic E-state index is -1.10. The van der Waals surface area contributed by atoms with Crippen LogP contribution in [0.15, 0.2) is 53.8 Å². The van der Waals surface area contributed by atoms with Crippen molar-refractivity contribution in [2.45, 2.75) is 25.8 Å². The van der Waals surface area contributed by atoms with Crippen molar-refractivity contribution in [1.82, 2.24) is 4.98 Å². The van der Waals surface area contributed by atoms with Crippen molar-refractivity contribution in [3.05, 3.63) is 71.0 Å². The number of aromatic nitrogens is 1. The van der Waals surface area contributed by atoms with E-state index in [1.807, 2.05) is 0 Å². The molecular weight excluding hydrogens is 454 g/mol. The van der Waals surface area contributed by atoms with Gasteiger partial charge in [-0.3, -0.25) is 19.3 Å². The number of ketones is 1. The molecule has 2 heterocycles. The number of benzene rings is 2. The van der Waals surface area contributed by atoms with Gasteiger partial charge in [-0.05, 0) is 42.8 Å². The molecule has 1 aromatic heterocycles. The maximum absolute atomic E-state index is 13.6. The molecule has 1 aliphatic heterocycles. The highest BCUT2D eigenvalue weighted by Gasteiger charge is 2.45. The summed E-state index contributed by atoms with van der Waals surface area (Å²) in [7, 11) is 0. The largest absolute Gasteiger partial charge is 0.503 e. The van der Waals surface area contributed by atoms with E-state index in [9.17, 15) is 28.3 Å². The lowest BCUT2D eigenvalue weighted by molar-refractivity contribution is -0.144. The third kappa shape index (κ3) is 4.34. The lowest BCUT2D eigenvalue weighted by atomic mass is 9.94. The number of rotatable bonds is 7. The molecule has 0 radical (unpaired) electrons. The van der Waals surface area contributed by atoms with Gasteiger partial charge in [-0.25, -0.2) is 13.8 Å². The van der Waals surface area contributed by atoms with Crippen LogP contribution in [0, 0.1) is 11.6 Å². The highest BCUT2D eigenvalue weighted by atomic mass is 32.1. The van der Waals surface area contributed by atoms with E-state index >= 15 is 0 Å². The quantitative estimate of drug-likeness (QED) is 0.513. The Bertz CT molecular complexity index is 1290. The van der Waals surface area contributed by atoms with Crippen LogP contribution in [0.2, 0.25) is 0 Å². The molecule has 2 aromatic carbocycles. The van der Waals surface area contributed by atoms with Gasteiger partial charge in [0.15, 0.2) is 16.7 Å². The second-order valence-electron chi connectivity index (χ2n) is 7.23. The number of Topliss-reactive ketones (excluding diaryl/α,β-unsaturated/α-hetero) is 1. The first kappa shape index (κ1) is 22.5. The SMILES string of the molecule is CCOC(=O)CCC(=O)C1=C(O)C(=O)N(c2nc3ccc(F)cc3s2)C1c1ccc(F)cc1. The molecule has 0 aliphatic carbocycles. The van der Waals surface area contributed by atoms with Crippen molar-refractivity contribution in [3.8, 4) is 0 Å². The van der Waals surface area contributed by atoms with Gasteiger partial charge >= 0.3 is 5.97 Å². The number of aliphatic hydroxyl groups is 1. The van der Waals surface area contributed by atoms with Crippen LogP contribution in [0.3, 0.4) is 0 Å². The number of esters is 1. The Hall–Kier alpha value is -3.66. The Morgan fingerprint density at radius 3 is 2.52 bits per heavy atom. The molecule has 170 valence electrons. The summed E-state index contributed by atoms with van der Waals surface area (Å²) >= 11 is 1.01. The number of carbonyl (C=O) groups excluding carboxylic acids is 3. The van der Waals surface area contributed by atoms with E-state index in [2.05, 4.69) is 4.98 Å². The summed E-state index contributed by atoms with van der Waals surface area (Å²) in [6.07, 6.45) is -0.518. The molecule has 3 aromatic rings. The number of aliphatic hydroxyl groups excluding tert-OH is 1. The fourth-order valence-electron chi connectivity index (χ4n) is 3.62. The van der Waals surface area contributed by atoms with Crippen LogP contribution in [-0.2, 0) is 19.1 Å². The van der Waals surface area contributed by atoms with E-state index in [-0.39, 0.29) is 30.2 Å². The molecule has 0 saturated carbocycles. The smallest absolute Gasteiger partial charge is 0.306 e. The van der Waals surface area contributed by atoms with Gasteiger partial charge < -0.3 is 9.84 Å². The molecular formula is C23H18F2N2O5S. The number of carbonyl (C=O) groups is 3. The third-order valence-corrected chi connectivity index (χ3v) is 6.12. The number of nitrogens with zero attached hydrogens (tertiary/aromatic N) is 2. The Kier molecular flexibility index (Phi) is 6.19. The Morgan fingerprint density at radius 1 is 1.12 bits per heavy atom.